The molecule has 0 saturated carbocycles. The van der Waals surface area contributed by atoms with Crippen LogP contribution in [0.2, 0.25) is 0 Å². The number of hydrogen-bond acceptors (Lipinski definition) is 2. The van der Waals surface area contributed by atoms with Crippen molar-refractivity contribution >= 4 is 17.5 Å². The van der Waals surface area contributed by atoms with E-state index in [1.54, 1.807) is 0 Å². The molecular weight excluding hydrogens is 323 g/mol. The lowest BCUT2D eigenvalue weighted by Gasteiger charge is -2.09. The van der Waals surface area contributed by atoms with Gasteiger partial charge < -0.3 is 11.1 Å². The molecule has 2 amide bonds. The van der Waals surface area contributed by atoms with E-state index in [1.165, 1.54) is 24.3 Å². The summed E-state index contributed by atoms with van der Waals surface area (Å²) in [5.41, 5.74) is 3.45. The number of primary amides is 1. The molecule has 0 spiro atoms. The van der Waals surface area contributed by atoms with Crippen LogP contribution in [-0.4, -0.2) is 11.8 Å². The Balaban J connectivity index is 2.36. The summed E-state index contributed by atoms with van der Waals surface area (Å²) in [4.78, 5) is 22.6. The molecule has 0 bridgehead atoms. The second-order valence-corrected chi connectivity index (χ2v) is 4.34. The normalized spacial score (nSPS) is 10.5. The number of carbonyl (C=O) groups excluding carboxylic acids is 2. The zero-order valence-electron chi connectivity index (χ0n) is 11.1. The van der Waals surface area contributed by atoms with Crippen LogP contribution in [-0.2, 0) is 0 Å². The number of nitrogens with one attached hydrogen (secondary N) is 1. The molecule has 23 heavy (non-hydrogen) atoms. The van der Waals surface area contributed by atoms with Gasteiger partial charge in [-0.25, -0.2) is 22.0 Å². The highest BCUT2D eigenvalue weighted by atomic mass is 19.2. The van der Waals surface area contributed by atoms with Crippen LogP contribution in [0.25, 0.3) is 0 Å². The van der Waals surface area contributed by atoms with E-state index < -0.39 is 46.5 Å². The molecule has 0 aliphatic carbocycles. The van der Waals surface area contributed by atoms with Gasteiger partial charge in [0, 0.05) is 11.3 Å². The fraction of sp³-hybridized carbons (Fsp3) is 0. The van der Waals surface area contributed by atoms with E-state index in [0.717, 1.165) is 0 Å². The number of hydrogen-bond donors (Lipinski definition) is 2. The molecule has 0 radical (unpaired) electrons. The van der Waals surface area contributed by atoms with Crippen LogP contribution in [0.15, 0.2) is 24.3 Å². The van der Waals surface area contributed by atoms with Gasteiger partial charge in [0.15, 0.2) is 23.3 Å². The van der Waals surface area contributed by atoms with Gasteiger partial charge in [-0.05, 0) is 24.3 Å². The SMILES string of the molecule is NC(=O)c1ccc(NC(=O)c2c(F)c(F)c(F)c(F)c2F)cc1. The topological polar surface area (TPSA) is 72.2 Å². The van der Waals surface area contributed by atoms with Crippen molar-refractivity contribution in [2.45, 2.75) is 0 Å². The number of halogens is 5. The molecule has 4 nitrogen and oxygen atoms in total. The second kappa shape index (κ2) is 6.03. The Morgan fingerprint density at radius 1 is 0.783 bits per heavy atom. The molecule has 0 atom stereocenters. The lowest BCUT2D eigenvalue weighted by molar-refractivity contribution is 0.0996. The van der Waals surface area contributed by atoms with Crippen molar-refractivity contribution in [2.75, 3.05) is 5.32 Å². The molecule has 0 aromatic heterocycles. The first-order valence-corrected chi connectivity index (χ1v) is 5.96. The van der Waals surface area contributed by atoms with E-state index in [0.29, 0.717) is 0 Å². The Bertz CT molecular complexity index is 777. The smallest absolute Gasteiger partial charge is 0.261 e. The third-order valence-corrected chi connectivity index (χ3v) is 2.86. The van der Waals surface area contributed by atoms with Gasteiger partial charge in [-0.2, -0.15) is 0 Å². The summed E-state index contributed by atoms with van der Waals surface area (Å²) in [7, 11) is 0. The third-order valence-electron chi connectivity index (χ3n) is 2.86. The van der Waals surface area contributed by atoms with E-state index in [9.17, 15) is 31.5 Å². The van der Waals surface area contributed by atoms with Gasteiger partial charge in [-0.15, -0.1) is 0 Å². The molecular formula is C14H7F5N2O2. The summed E-state index contributed by atoms with van der Waals surface area (Å²) in [5, 5.41) is 1.95. The number of anilines is 1. The standard InChI is InChI=1S/C14H7F5N2O2/c15-8-7(9(16)11(18)12(19)10(8)17)14(23)21-6-3-1-5(2-4-6)13(20)22/h1-4H,(H2,20,22)(H,21,23). The summed E-state index contributed by atoms with van der Waals surface area (Å²) in [6.45, 7) is 0. The first kappa shape index (κ1) is 16.4. The predicted octanol–water partition coefficient (Wildman–Crippen LogP) is 2.73. The van der Waals surface area contributed by atoms with E-state index in [4.69, 9.17) is 5.73 Å². The van der Waals surface area contributed by atoms with Crippen molar-refractivity contribution in [3.63, 3.8) is 0 Å². The summed E-state index contributed by atoms with van der Waals surface area (Å²) in [5.74, 6) is -13.6. The van der Waals surface area contributed by atoms with Crippen LogP contribution >= 0.6 is 0 Å². The first-order valence-electron chi connectivity index (χ1n) is 5.96. The van der Waals surface area contributed by atoms with E-state index in [1.807, 2.05) is 5.32 Å². The van der Waals surface area contributed by atoms with Gasteiger partial charge in [0.25, 0.3) is 5.91 Å². The van der Waals surface area contributed by atoms with Gasteiger partial charge in [-0.3, -0.25) is 9.59 Å². The minimum absolute atomic E-state index is 0.0380. The number of benzene rings is 2. The Labute approximate surface area is 125 Å². The Kier molecular flexibility index (Phi) is 4.30. The van der Waals surface area contributed by atoms with Crippen LogP contribution in [0.1, 0.15) is 20.7 Å². The molecule has 0 saturated heterocycles. The van der Waals surface area contributed by atoms with Gasteiger partial charge in [0.2, 0.25) is 11.7 Å². The summed E-state index contributed by atoms with van der Waals surface area (Å²) in [6.07, 6.45) is 0. The first-order chi connectivity index (χ1) is 10.7. The molecule has 0 heterocycles. The number of rotatable bonds is 3. The maximum absolute atomic E-state index is 13.5. The molecule has 0 aliphatic rings. The van der Waals surface area contributed by atoms with Gasteiger partial charge in [0.05, 0.1) is 0 Å². The van der Waals surface area contributed by atoms with Gasteiger partial charge >= 0.3 is 0 Å². The third kappa shape index (κ3) is 2.98. The Morgan fingerprint density at radius 3 is 1.65 bits per heavy atom. The number of carbonyl (C=O) groups is 2. The van der Waals surface area contributed by atoms with Gasteiger partial charge in [0.1, 0.15) is 5.56 Å². The molecule has 3 N–H and O–H groups in total. The fourth-order valence-electron chi connectivity index (χ4n) is 1.72. The molecule has 0 fully saturated rings. The molecule has 2 rings (SSSR count). The zero-order chi connectivity index (χ0) is 17.3. The fourth-order valence-corrected chi connectivity index (χ4v) is 1.72. The molecule has 2 aromatic rings. The summed E-state index contributed by atoms with van der Waals surface area (Å²) < 4.78 is 66.0. The largest absolute Gasteiger partial charge is 0.366 e. The van der Waals surface area contributed by atoms with Crippen LogP contribution in [0, 0.1) is 29.1 Å². The molecule has 9 heteroatoms. The summed E-state index contributed by atoms with van der Waals surface area (Å²) in [6, 6.07) is 4.75. The average Bonchev–Trinajstić information content (AvgIpc) is 2.51. The van der Waals surface area contributed by atoms with Crippen LogP contribution in [0.3, 0.4) is 0 Å². The van der Waals surface area contributed by atoms with Crippen molar-refractivity contribution in [3.05, 3.63) is 64.5 Å². The van der Waals surface area contributed by atoms with Crippen LogP contribution in [0.4, 0.5) is 27.6 Å². The minimum atomic E-state index is -2.36. The highest BCUT2D eigenvalue weighted by Crippen LogP contribution is 2.24. The summed E-state index contributed by atoms with van der Waals surface area (Å²) >= 11 is 0. The predicted molar refractivity (Wildman–Crippen MR) is 69.1 cm³/mol. The second-order valence-electron chi connectivity index (χ2n) is 4.34. The Hall–Kier alpha value is -2.97. The van der Waals surface area contributed by atoms with Crippen molar-refractivity contribution in [1.29, 1.82) is 0 Å². The average molecular weight is 330 g/mol. The minimum Gasteiger partial charge on any atom is -0.366 e. The number of amides is 2. The zero-order valence-corrected chi connectivity index (χ0v) is 11.1. The Morgan fingerprint density at radius 2 is 1.22 bits per heavy atom. The maximum atomic E-state index is 13.5. The quantitative estimate of drug-likeness (QED) is 0.516. The molecule has 2 aromatic carbocycles. The van der Waals surface area contributed by atoms with Crippen molar-refractivity contribution < 1.29 is 31.5 Å². The van der Waals surface area contributed by atoms with Crippen LogP contribution < -0.4 is 11.1 Å². The monoisotopic (exact) mass is 330 g/mol. The van der Waals surface area contributed by atoms with Crippen LogP contribution in [0.5, 0.6) is 0 Å². The lowest BCUT2D eigenvalue weighted by Crippen LogP contribution is -2.19. The lowest BCUT2D eigenvalue weighted by atomic mass is 10.1. The molecule has 0 aliphatic heterocycles. The van der Waals surface area contributed by atoms with E-state index in [-0.39, 0.29) is 11.3 Å². The highest BCUT2D eigenvalue weighted by molar-refractivity contribution is 6.05. The maximum Gasteiger partial charge on any atom is 0.261 e. The van der Waals surface area contributed by atoms with Gasteiger partial charge in [-0.1, -0.05) is 0 Å². The molecule has 120 valence electrons. The highest BCUT2D eigenvalue weighted by Gasteiger charge is 2.29. The van der Waals surface area contributed by atoms with Crippen molar-refractivity contribution in [3.8, 4) is 0 Å². The van der Waals surface area contributed by atoms with Crippen molar-refractivity contribution in [2.24, 2.45) is 5.73 Å². The molecule has 0 unspecified atom stereocenters. The van der Waals surface area contributed by atoms with Crippen molar-refractivity contribution in [1.82, 2.24) is 0 Å². The van der Waals surface area contributed by atoms with E-state index >= 15 is 0 Å². The number of nitrogens with two attached hydrogens (primary N) is 1. The van der Waals surface area contributed by atoms with E-state index in [2.05, 4.69) is 0 Å².